The van der Waals surface area contributed by atoms with Gasteiger partial charge in [0, 0.05) is 6.54 Å². The molecule has 3 heteroatoms. The van der Waals surface area contributed by atoms with E-state index in [1.165, 1.54) is 11.9 Å². The Hall–Kier alpha value is -1.02. The average molecular weight is 237 g/mol. The number of aryl methyl sites for hydroxylation is 1. The Kier molecular flexibility index (Phi) is 3.49. The smallest absolute Gasteiger partial charge is 0.127 e. The van der Waals surface area contributed by atoms with Gasteiger partial charge in [0.15, 0.2) is 0 Å². The van der Waals surface area contributed by atoms with Gasteiger partial charge in [-0.15, -0.1) is 11.6 Å². The van der Waals surface area contributed by atoms with Crippen LogP contribution < -0.4 is 0 Å². The number of hydrogen-bond acceptors (Lipinski definition) is 1. The maximum Gasteiger partial charge on any atom is 0.127 e. The van der Waals surface area contributed by atoms with Crippen molar-refractivity contribution in [2.45, 2.75) is 38.6 Å². The Morgan fingerprint density at radius 2 is 2.12 bits per heavy atom. The summed E-state index contributed by atoms with van der Waals surface area (Å²) in [6, 6.07) is 8.22. The normalized spacial score (nSPS) is 13.2. The molecule has 86 valence electrons. The van der Waals surface area contributed by atoms with Crippen LogP contribution in [0.2, 0.25) is 0 Å². The van der Waals surface area contributed by atoms with Gasteiger partial charge in [0.05, 0.1) is 16.4 Å². The Morgan fingerprint density at radius 1 is 1.38 bits per heavy atom. The molecule has 0 radical (unpaired) electrons. The molecule has 2 nitrogen and oxygen atoms in total. The SMILES string of the molecule is CCCCn1c(C(C)Cl)nc2ccccc21. The molecule has 0 saturated heterocycles. The highest BCUT2D eigenvalue weighted by Crippen LogP contribution is 2.24. The summed E-state index contributed by atoms with van der Waals surface area (Å²) in [6.45, 7) is 5.18. The third kappa shape index (κ3) is 2.07. The minimum absolute atomic E-state index is 0.0377. The lowest BCUT2D eigenvalue weighted by Crippen LogP contribution is -2.04. The summed E-state index contributed by atoms with van der Waals surface area (Å²) < 4.78 is 2.25. The lowest BCUT2D eigenvalue weighted by Gasteiger charge is -2.09. The van der Waals surface area contributed by atoms with E-state index in [-0.39, 0.29) is 5.38 Å². The van der Waals surface area contributed by atoms with Crippen molar-refractivity contribution in [3.05, 3.63) is 30.1 Å². The number of alkyl halides is 1. The number of imidazole rings is 1. The zero-order valence-electron chi connectivity index (χ0n) is 9.78. The monoisotopic (exact) mass is 236 g/mol. The standard InChI is InChI=1S/C13H17ClN2/c1-3-4-9-16-12-8-6-5-7-11(12)15-13(16)10(2)14/h5-8,10H,3-4,9H2,1-2H3. The van der Waals surface area contributed by atoms with Gasteiger partial charge in [0.1, 0.15) is 5.82 Å². The van der Waals surface area contributed by atoms with E-state index in [1.54, 1.807) is 0 Å². The lowest BCUT2D eigenvalue weighted by atomic mass is 10.3. The zero-order chi connectivity index (χ0) is 11.5. The summed E-state index contributed by atoms with van der Waals surface area (Å²) in [5, 5.41) is -0.0377. The fraction of sp³-hybridized carbons (Fsp3) is 0.462. The molecule has 1 unspecified atom stereocenters. The predicted octanol–water partition coefficient (Wildman–Crippen LogP) is 4.14. The fourth-order valence-corrected chi connectivity index (χ4v) is 2.12. The molecule has 0 saturated carbocycles. The summed E-state index contributed by atoms with van der Waals surface area (Å²) in [7, 11) is 0. The van der Waals surface area contributed by atoms with E-state index < -0.39 is 0 Å². The van der Waals surface area contributed by atoms with E-state index in [2.05, 4.69) is 28.6 Å². The molecular weight excluding hydrogens is 220 g/mol. The molecule has 0 aliphatic rings. The molecule has 16 heavy (non-hydrogen) atoms. The van der Waals surface area contributed by atoms with Crippen molar-refractivity contribution in [1.82, 2.24) is 9.55 Å². The largest absolute Gasteiger partial charge is 0.327 e. The number of halogens is 1. The number of unbranched alkanes of at least 4 members (excludes halogenated alkanes) is 1. The molecule has 0 fully saturated rings. The third-order valence-corrected chi connectivity index (χ3v) is 2.97. The van der Waals surface area contributed by atoms with Crippen molar-refractivity contribution in [3.8, 4) is 0 Å². The van der Waals surface area contributed by atoms with Crippen LogP contribution in [0.1, 0.15) is 37.9 Å². The van der Waals surface area contributed by atoms with Crippen molar-refractivity contribution >= 4 is 22.6 Å². The van der Waals surface area contributed by atoms with Gasteiger partial charge in [-0.1, -0.05) is 25.5 Å². The van der Waals surface area contributed by atoms with Crippen LogP contribution in [-0.2, 0) is 6.54 Å². The first kappa shape index (κ1) is 11.5. The first-order valence-electron chi connectivity index (χ1n) is 5.83. The van der Waals surface area contributed by atoms with Crippen molar-refractivity contribution in [3.63, 3.8) is 0 Å². The quantitative estimate of drug-likeness (QED) is 0.730. The third-order valence-electron chi connectivity index (χ3n) is 2.78. The summed E-state index contributed by atoms with van der Waals surface area (Å²) >= 11 is 6.18. The molecule has 1 aromatic carbocycles. The number of benzene rings is 1. The number of nitrogens with zero attached hydrogens (tertiary/aromatic N) is 2. The molecule has 1 atom stereocenters. The predicted molar refractivity (Wildman–Crippen MR) is 68.9 cm³/mol. The minimum atomic E-state index is -0.0377. The summed E-state index contributed by atoms with van der Waals surface area (Å²) in [6.07, 6.45) is 2.35. The van der Waals surface area contributed by atoms with E-state index in [9.17, 15) is 0 Å². The van der Waals surface area contributed by atoms with Gasteiger partial charge in [-0.3, -0.25) is 0 Å². The number of rotatable bonds is 4. The molecule has 0 aliphatic carbocycles. The van der Waals surface area contributed by atoms with E-state index in [1.807, 2.05) is 19.1 Å². The highest BCUT2D eigenvalue weighted by Gasteiger charge is 2.13. The summed E-state index contributed by atoms with van der Waals surface area (Å²) in [5.74, 6) is 0.983. The van der Waals surface area contributed by atoms with Crippen LogP contribution in [0.5, 0.6) is 0 Å². The molecule has 1 heterocycles. The van der Waals surface area contributed by atoms with Gasteiger partial charge < -0.3 is 4.57 Å². The second-order valence-corrected chi connectivity index (χ2v) is 4.73. The van der Waals surface area contributed by atoms with Crippen LogP contribution in [0.3, 0.4) is 0 Å². The highest BCUT2D eigenvalue weighted by atomic mass is 35.5. The van der Waals surface area contributed by atoms with E-state index in [0.717, 1.165) is 24.3 Å². The van der Waals surface area contributed by atoms with Crippen LogP contribution in [0.15, 0.2) is 24.3 Å². The Bertz CT molecular complexity index is 474. The van der Waals surface area contributed by atoms with Crippen LogP contribution in [0.4, 0.5) is 0 Å². The van der Waals surface area contributed by atoms with Crippen LogP contribution in [-0.4, -0.2) is 9.55 Å². The lowest BCUT2D eigenvalue weighted by molar-refractivity contribution is 0.616. The first-order chi connectivity index (χ1) is 7.74. The maximum absolute atomic E-state index is 6.18. The summed E-state index contributed by atoms with van der Waals surface area (Å²) in [4.78, 5) is 4.60. The number of para-hydroxylation sites is 2. The molecular formula is C13H17ClN2. The van der Waals surface area contributed by atoms with Crippen molar-refractivity contribution in [1.29, 1.82) is 0 Å². The molecule has 0 amide bonds. The highest BCUT2D eigenvalue weighted by molar-refractivity contribution is 6.20. The molecule has 2 aromatic rings. The Morgan fingerprint density at radius 3 is 2.81 bits per heavy atom. The number of aromatic nitrogens is 2. The molecule has 2 rings (SSSR count). The molecule has 0 N–H and O–H groups in total. The summed E-state index contributed by atoms with van der Waals surface area (Å²) in [5.41, 5.74) is 2.24. The second-order valence-electron chi connectivity index (χ2n) is 4.08. The van der Waals surface area contributed by atoms with Crippen molar-refractivity contribution in [2.24, 2.45) is 0 Å². The van der Waals surface area contributed by atoms with E-state index in [0.29, 0.717) is 0 Å². The van der Waals surface area contributed by atoms with Crippen LogP contribution in [0.25, 0.3) is 11.0 Å². The van der Waals surface area contributed by atoms with Gasteiger partial charge in [0.25, 0.3) is 0 Å². The topological polar surface area (TPSA) is 17.8 Å². The van der Waals surface area contributed by atoms with Gasteiger partial charge >= 0.3 is 0 Å². The van der Waals surface area contributed by atoms with Crippen LogP contribution in [0, 0.1) is 0 Å². The first-order valence-corrected chi connectivity index (χ1v) is 6.27. The molecule has 0 aliphatic heterocycles. The van der Waals surface area contributed by atoms with Gasteiger partial charge in [-0.25, -0.2) is 4.98 Å². The number of hydrogen-bond donors (Lipinski definition) is 0. The number of fused-ring (bicyclic) bond motifs is 1. The van der Waals surface area contributed by atoms with Gasteiger partial charge in [0.2, 0.25) is 0 Å². The fourth-order valence-electron chi connectivity index (χ4n) is 1.95. The van der Waals surface area contributed by atoms with Crippen LogP contribution >= 0.6 is 11.6 Å². The van der Waals surface area contributed by atoms with Crippen molar-refractivity contribution in [2.75, 3.05) is 0 Å². The van der Waals surface area contributed by atoms with E-state index >= 15 is 0 Å². The average Bonchev–Trinajstić information content (AvgIpc) is 2.65. The maximum atomic E-state index is 6.18. The molecule has 0 bridgehead atoms. The van der Waals surface area contributed by atoms with Gasteiger partial charge in [-0.05, 0) is 25.5 Å². The zero-order valence-corrected chi connectivity index (χ0v) is 10.5. The van der Waals surface area contributed by atoms with Crippen molar-refractivity contribution < 1.29 is 0 Å². The van der Waals surface area contributed by atoms with E-state index in [4.69, 9.17) is 11.6 Å². The molecule has 1 aromatic heterocycles. The second kappa shape index (κ2) is 4.88. The Labute approximate surface area is 101 Å². The van der Waals surface area contributed by atoms with Gasteiger partial charge in [-0.2, -0.15) is 0 Å². The molecule has 0 spiro atoms. The minimum Gasteiger partial charge on any atom is -0.327 e. The Balaban J connectivity index is 2.51.